The SMILES string of the molecule is CC(C(=O)N(C)CC(=O)NC(C)(C)C)N1CCN(c2ccc(F)cc2)CC1. The number of halogens is 1. The normalized spacial score (nSPS) is 16.7. The number of anilines is 1. The average molecular weight is 378 g/mol. The van der Waals surface area contributed by atoms with Gasteiger partial charge in [0.1, 0.15) is 5.82 Å². The smallest absolute Gasteiger partial charge is 0.240 e. The van der Waals surface area contributed by atoms with E-state index in [2.05, 4.69) is 15.1 Å². The summed E-state index contributed by atoms with van der Waals surface area (Å²) < 4.78 is 13.1. The van der Waals surface area contributed by atoms with Crippen molar-refractivity contribution < 1.29 is 14.0 Å². The summed E-state index contributed by atoms with van der Waals surface area (Å²) in [7, 11) is 1.66. The number of benzene rings is 1. The largest absolute Gasteiger partial charge is 0.369 e. The van der Waals surface area contributed by atoms with E-state index in [0.29, 0.717) is 0 Å². The zero-order chi connectivity index (χ0) is 20.2. The summed E-state index contributed by atoms with van der Waals surface area (Å²) in [6.45, 7) is 10.7. The fourth-order valence-corrected chi connectivity index (χ4v) is 3.25. The molecule has 1 unspecified atom stereocenters. The Kier molecular flexibility index (Phi) is 6.81. The fourth-order valence-electron chi connectivity index (χ4n) is 3.25. The van der Waals surface area contributed by atoms with Crippen LogP contribution in [-0.2, 0) is 9.59 Å². The predicted octanol–water partition coefficient (Wildman–Crippen LogP) is 1.71. The van der Waals surface area contributed by atoms with Gasteiger partial charge in [-0.2, -0.15) is 0 Å². The summed E-state index contributed by atoms with van der Waals surface area (Å²) in [6.07, 6.45) is 0. The second kappa shape index (κ2) is 8.69. The molecule has 150 valence electrons. The van der Waals surface area contributed by atoms with Crippen LogP contribution in [0.1, 0.15) is 27.7 Å². The molecule has 6 nitrogen and oxygen atoms in total. The standard InChI is InChI=1S/C20H31FN4O2/c1-15(19(27)23(5)14-18(26)22-20(2,3)4)24-10-12-25(13-11-24)17-8-6-16(21)7-9-17/h6-9,15H,10-14H2,1-5H3,(H,22,26). The lowest BCUT2D eigenvalue weighted by Crippen LogP contribution is -2.55. The molecule has 2 rings (SSSR count). The number of hydrogen-bond donors (Lipinski definition) is 1. The molecule has 1 heterocycles. The van der Waals surface area contributed by atoms with Crippen molar-refractivity contribution in [2.45, 2.75) is 39.3 Å². The molecule has 2 amide bonds. The van der Waals surface area contributed by atoms with Gasteiger partial charge in [-0.1, -0.05) is 0 Å². The van der Waals surface area contributed by atoms with Crippen LogP contribution < -0.4 is 10.2 Å². The van der Waals surface area contributed by atoms with Crippen LogP contribution in [0.5, 0.6) is 0 Å². The van der Waals surface area contributed by atoms with E-state index in [1.807, 2.05) is 27.7 Å². The number of likely N-dealkylation sites (N-methyl/N-ethyl adjacent to an activating group) is 1. The molecule has 0 spiro atoms. The van der Waals surface area contributed by atoms with Crippen LogP contribution in [-0.4, -0.2) is 73.0 Å². The zero-order valence-electron chi connectivity index (χ0n) is 17.0. The third-order valence-corrected chi connectivity index (χ3v) is 4.68. The molecular weight excluding hydrogens is 347 g/mol. The molecule has 1 aliphatic heterocycles. The molecule has 7 heteroatoms. The number of carbonyl (C=O) groups excluding carboxylic acids is 2. The Bertz CT molecular complexity index is 649. The summed E-state index contributed by atoms with van der Waals surface area (Å²) in [5.74, 6) is -0.462. The van der Waals surface area contributed by atoms with E-state index in [4.69, 9.17) is 0 Å². The minimum absolute atomic E-state index is 0.0516. The molecule has 1 aromatic carbocycles. The van der Waals surface area contributed by atoms with E-state index in [1.54, 1.807) is 19.2 Å². The van der Waals surface area contributed by atoms with Gasteiger partial charge in [0.15, 0.2) is 0 Å². The Balaban J connectivity index is 1.85. The zero-order valence-corrected chi connectivity index (χ0v) is 17.0. The van der Waals surface area contributed by atoms with Crippen molar-refractivity contribution in [3.05, 3.63) is 30.1 Å². The summed E-state index contributed by atoms with van der Waals surface area (Å²) in [5.41, 5.74) is 0.675. The van der Waals surface area contributed by atoms with Crippen LogP contribution in [0.3, 0.4) is 0 Å². The fraction of sp³-hybridized carbons (Fsp3) is 0.600. The minimum atomic E-state index is -0.316. The van der Waals surface area contributed by atoms with Crippen molar-refractivity contribution >= 4 is 17.5 Å². The lowest BCUT2D eigenvalue weighted by Gasteiger charge is -2.39. The van der Waals surface area contributed by atoms with Crippen LogP contribution in [0.25, 0.3) is 0 Å². The Morgan fingerprint density at radius 2 is 1.70 bits per heavy atom. The average Bonchev–Trinajstić information content (AvgIpc) is 2.59. The van der Waals surface area contributed by atoms with E-state index in [1.165, 1.54) is 17.0 Å². The third kappa shape index (κ3) is 6.20. The molecule has 0 saturated carbocycles. The molecule has 1 atom stereocenters. The molecule has 0 radical (unpaired) electrons. The van der Waals surface area contributed by atoms with Crippen LogP contribution in [0.15, 0.2) is 24.3 Å². The van der Waals surface area contributed by atoms with Crippen molar-refractivity contribution in [3.63, 3.8) is 0 Å². The Labute approximate surface area is 161 Å². The Morgan fingerprint density at radius 1 is 1.15 bits per heavy atom. The molecule has 1 aromatic rings. The third-order valence-electron chi connectivity index (χ3n) is 4.68. The monoisotopic (exact) mass is 378 g/mol. The molecule has 0 aromatic heterocycles. The Morgan fingerprint density at radius 3 is 2.22 bits per heavy atom. The van der Waals surface area contributed by atoms with Gasteiger partial charge in [0.05, 0.1) is 12.6 Å². The second-order valence-electron chi connectivity index (χ2n) is 8.17. The summed E-state index contributed by atoms with van der Waals surface area (Å²) in [6, 6.07) is 6.20. The van der Waals surface area contributed by atoms with Crippen molar-refractivity contribution in [2.24, 2.45) is 0 Å². The van der Waals surface area contributed by atoms with Crippen LogP contribution >= 0.6 is 0 Å². The summed E-state index contributed by atoms with van der Waals surface area (Å²) in [4.78, 5) is 30.5. The van der Waals surface area contributed by atoms with Gasteiger partial charge in [-0.05, 0) is 52.0 Å². The lowest BCUT2D eigenvalue weighted by molar-refractivity contribution is -0.139. The van der Waals surface area contributed by atoms with E-state index in [-0.39, 0.29) is 35.8 Å². The first kappa shape index (κ1) is 21.2. The van der Waals surface area contributed by atoms with E-state index >= 15 is 0 Å². The number of piperazine rings is 1. The topological polar surface area (TPSA) is 55.9 Å². The van der Waals surface area contributed by atoms with Gasteiger partial charge < -0.3 is 15.1 Å². The second-order valence-corrected chi connectivity index (χ2v) is 8.17. The summed E-state index contributed by atoms with van der Waals surface area (Å²) in [5, 5.41) is 2.87. The molecule has 1 aliphatic rings. The maximum absolute atomic E-state index is 13.1. The predicted molar refractivity (Wildman–Crippen MR) is 105 cm³/mol. The van der Waals surface area contributed by atoms with Gasteiger partial charge in [0, 0.05) is 44.5 Å². The van der Waals surface area contributed by atoms with Crippen LogP contribution in [0, 0.1) is 5.82 Å². The molecule has 1 fully saturated rings. The van der Waals surface area contributed by atoms with E-state index < -0.39 is 0 Å². The van der Waals surface area contributed by atoms with Crippen LogP contribution in [0.2, 0.25) is 0 Å². The number of nitrogens with one attached hydrogen (secondary N) is 1. The van der Waals surface area contributed by atoms with Crippen molar-refractivity contribution in [1.82, 2.24) is 15.1 Å². The lowest BCUT2D eigenvalue weighted by atomic mass is 10.1. The summed E-state index contributed by atoms with van der Waals surface area (Å²) >= 11 is 0. The Hall–Kier alpha value is -2.15. The first-order valence-corrected chi connectivity index (χ1v) is 9.37. The van der Waals surface area contributed by atoms with Crippen molar-refractivity contribution in [1.29, 1.82) is 0 Å². The molecule has 27 heavy (non-hydrogen) atoms. The van der Waals surface area contributed by atoms with E-state index in [9.17, 15) is 14.0 Å². The maximum atomic E-state index is 13.1. The minimum Gasteiger partial charge on any atom is -0.369 e. The van der Waals surface area contributed by atoms with Gasteiger partial charge in [0.25, 0.3) is 0 Å². The van der Waals surface area contributed by atoms with Gasteiger partial charge in [-0.15, -0.1) is 0 Å². The molecule has 1 saturated heterocycles. The number of amides is 2. The number of hydrogen-bond acceptors (Lipinski definition) is 4. The highest BCUT2D eigenvalue weighted by atomic mass is 19.1. The highest BCUT2D eigenvalue weighted by molar-refractivity contribution is 5.87. The number of nitrogens with zero attached hydrogens (tertiary/aromatic N) is 3. The van der Waals surface area contributed by atoms with Crippen molar-refractivity contribution in [2.75, 3.05) is 44.7 Å². The van der Waals surface area contributed by atoms with Crippen molar-refractivity contribution in [3.8, 4) is 0 Å². The van der Waals surface area contributed by atoms with Crippen LogP contribution in [0.4, 0.5) is 10.1 Å². The molecular formula is C20H31FN4O2. The van der Waals surface area contributed by atoms with Gasteiger partial charge in [-0.3, -0.25) is 14.5 Å². The van der Waals surface area contributed by atoms with E-state index in [0.717, 1.165) is 31.9 Å². The first-order chi connectivity index (χ1) is 12.6. The van der Waals surface area contributed by atoms with Gasteiger partial charge in [0.2, 0.25) is 11.8 Å². The molecule has 0 bridgehead atoms. The molecule has 1 N–H and O–H groups in total. The molecule has 0 aliphatic carbocycles. The quantitative estimate of drug-likeness (QED) is 0.848. The number of carbonyl (C=O) groups is 2. The highest BCUT2D eigenvalue weighted by Crippen LogP contribution is 2.18. The van der Waals surface area contributed by atoms with Gasteiger partial charge in [-0.25, -0.2) is 4.39 Å². The number of rotatable bonds is 5. The highest BCUT2D eigenvalue weighted by Gasteiger charge is 2.28. The first-order valence-electron chi connectivity index (χ1n) is 9.37. The maximum Gasteiger partial charge on any atom is 0.240 e. The van der Waals surface area contributed by atoms with Gasteiger partial charge >= 0.3 is 0 Å².